The minimum absolute atomic E-state index is 0.00962. The summed E-state index contributed by atoms with van der Waals surface area (Å²) in [4.78, 5) is 12.6. The number of hydrogen-bond donors (Lipinski definition) is 3. The van der Waals surface area contributed by atoms with Crippen molar-refractivity contribution >= 4 is 44.9 Å². The number of thiocarbonyl (C=S) groups is 1. The standard InChI is InChI=1S/C22H22ClN3O5S2/c1-24-22(32)26-33(28,29)20-12-14(5-7-16(20)19-4-3-11-31-19)9-10-25-21(27)17-13-15(23)6-8-18(17)30-2/h3-8,11-13H,9-10H2,1-2H3,(H,25,27)(H2,24,26,32). The van der Waals surface area contributed by atoms with E-state index < -0.39 is 10.0 Å². The van der Waals surface area contributed by atoms with Crippen molar-refractivity contribution in [2.24, 2.45) is 0 Å². The Kier molecular flexibility index (Phi) is 7.96. The van der Waals surface area contributed by atoms with Gasteiger partial charge in [0.2, 0.25) is 0 Å². The third kappa shape index (κ3) is 6.04. The molecular formula is C22H22ClN3O5S2. The average molecular weight is 508 g/mol. The molecule has 2 aromatic carbocycles. The van der Waals surface area contributed by atoms with Crippen molar-refractivity contribution < 1.29 is 22.4 Å². The van der Waals surface area contributed by atoms with Gasteiger partial charge in [-0.3, -0.25) is 9.52 Å². The lowest BCUT2D eigenvalue weighted by molar-refractivity contribution is 0.0951. The molecule has 1 amide bonds. The molecule has 0 atom stereocenters. The monoisotopic (exact) mass is 507 g/mol. The van der Waals surface area contributed by atoms with Gasteiger partial charge in [0, 0.05) is 24.2 Å². The highest BCUT2D eigenvalue weighted by atomic mass is 35.5. The van der Waals surface area contributed by atoms with Crippen molar-refractivity contribution in [2.45, 2.75) is 11.3 Å². The van der Waals surface area contributed by atoms with E-state index in [1.807, 2.05) is 0 Å². The molecule has 1 aromatic heterocycles. The molecule has 1 heterocycles. The lowest BCUT2D eigenvalue weighted by Crippen LogP contribution is -2.37. The normalized spacial score (nSPS) is 11.0. The lowest BCUT2D eigenvalue weighted by Gasteiger charge is -2.14. The van der Waals surface area contributed by atoms with Crippen LogP contribution in [0.2, 0.25) is 5.02 Å². The number of rotatable bonds is 8. The summed E-state index contributed by atoms with van der Waals surface area (Å²) < 4.78 is 38.9. The van der Waals surface area contributed by atoms with Gasteiger partial charge in [-0.05, 0) is 66.7 Å². The van der Waals surface area contributed by atoms with Gasteiger partial charge in [-0.25, -0.2) is 8.42 Å². The van der Waals surface area contributed by atoms with Gasteiger partial charge >= 0.3 is 0 Å². The number of carbonyl (C=O) groups excluding carboxylic acids is 1. The van der Waals surface area contributed by atoms with Crippen LogP contribution in [0.4, 0.5) is 0 Å². The van der Waals surface area contributed by atoms with Crippen LogP contribution in [0.25, 0.3) is 11.3 Å². The minimum atomic E-state index is -3.98. The second kappa shape index (κ2) is 10.7. The van der Waals surface area contributed by atoms with Gasteiger partial charge in [-0.1, -0.05) is 17.7 Å². The quantitative estimate of drug-likeness (QED) is 0.401. The molecule has 0 aliphatic heterocycles. The van der Waals surface area contributed by atoms with Crippen LogP contribution >= 0.6 is 23.8 Å². The zero-order chi connectivity index (χ0) is 24.0. The van der Waals surface area contributed by atoms with Gasteiger partial charge in [-0.2, -0.15) is 0 Å². The lowest BCUT2D eigenvalue weighted by atomic mass is 10.1. The number of ether oxygens (including phenoxy) is 1. The largest absolute Gasteiger partial charge is 0.496 e. The summed E-state index contributed by atoms with van der Waals surface area (Å²) in [5.41, 5.74) is 1.40. The molecule has 3 N–H and O–H groups in total. The number of methoxy groups -OCH3 is 1. The first-order valence-corrected chi connectivity index (χ1v) is 12.0. The number of furan rings is 1. The van der Waals surface area contributed by atoms with Crippen LogP contribution in [0, 0.1) is 0 Å². The molecule has 33 heavy (non-hydrogen) atoms. The van der Waals surface area contributed by atoms with E-state index in [0.29, 0.717) is 39.6 Å². The van der Waals surface area contributed by atoms with Crippen molar-refractivity contribution in [3.63, 3.8) is 0 Å². The van der Waals surface area contributed by atoms with Gasteiger partial charge in [0.05, 0.1) is 23.8 Å². The van der Waals surface area contributed by atoms with Gasteiger partial charge in [0.25, 0.3) is 15.9 Å². The van der Waals surface area contributed by atoms with Gasteiger partial charge < -0.3 is 19.8 Å². The fraction of sp³-hybridized carbons (Fsp3) is 0.182. The summed E-state index contributed by atoms with van der Waals surface area (Å²) in [5, 5.41) is 5.76. The molecule has 0 saturated carbocycles. The number of benzene rings is 2. The Hall–Kier alpha value is -3.08. The summed E-state index contributed by atoms with van der Waals surface area (Å²) in [5.74, 6) is 0.453. The maximum atomic E-state index is 13.0. The first kappa shape index (κ1) is 24.6. The highest BCUT2D eigenvalue weighted by Gasteiger charge is 2.22. The van der Waals surface area contributed by atoms with Crippen molar-refractivity contribution in [1.82, 2.24) is 15.4 Å². The van der Waals surface area contributed by atoms with Gasteiger partial charge in [0.1, 0.15) is 11.5 Å². The smallest absolute Gasteiger partial charge is 0.264 e. The Morgan fingerprint density at radius 2 is 1.97 bits per heavy atom. The molecule has 3 rings (SSSR count). The van der Waals surface area contributed by atoms with E-state index in [1.54, 1.807) is 36.4 Å². The van der Waals surface area contributed by atoms with Crippen molar-refractivity contribution in [3.05, 3.63) is 70.9 Å². The van der Waals surface area contributed by atoms with Crippen LogP contribution in [0.5, 0.6) is 5.75 Å². The Bertz CT molecular complexity index is 1260. The molecule has 11 heteroatoms. The maximum Gasteiger partial charge on any atom is 0.264 e. The topological polar surface area (TPSA) is 110 Å². The van der Waals surface area contributed by atoms with E-state index in [9.17, 15) is 13.2 Å². The van der Waals surface area contributed by atoms with Crippen molar-refractivity contribution in [2.75, 3.05) is 20.7 Å². The van der Waals surface area contributed by atoms with Crippen LogP contribution in [0.15, 0.2) is 64.1 Å². The van der Waals surface area contributed by atoms with Crippen LogP contribution in [0.1, 0.15) is 15.9 Å². The predicted molar refractivity (Wildman–Crippen MR) is 130 cm³/mol. The zero-order valence-corrected chi connectivity index (χ0v) is 20.2. The number of hydrogen-bond acceptors (Lipinski definition) is 6. The summed E-state index contributed by atoms with van der Waals surface area (Å²) in [6, 6.07) is 13.1. The Balaban J connectivity index is 1.81. The fourth-order valence-electron chi connectivity index (χ4n) is 3.08. The molecule has 0 saturated heterocycles. The molecule has 0 unspecified atom stereocenters. The van der Waals surface area contributed by atoms with E-state index in [0.717, 1.165) is 0 Å². The van der Waals surface area contributed by atoms with Gasteiger partial charge in [-0.15, -0.1) is 0 Å². The van der Waals surface area contributed by atoms with Crippen LogP contribution in [0.3, 0.4) is 0 Å². The Labute approximate surface area is 202 Å². The molecule has 3 aromatic rings. The Morgan fingerprint density at radius 3 is 2.64 bits per heavy atom. The predicted octanol–water partition coefficient (Wildman–Crippen LogP) is 3.36. The molecule has 0 spiro atoms. The van der Waals surface area contributed by atoms with Crippen LogP contribution < -0.4 is 20.1 Å². The van der Waals surface area contributed by atoms with E-state index in [4.69, 9.17) is 33.0 Å². The summed E-state index contributed by atoms with van der Waals surface area (Å²) in [6.45, 7) is 0.260. The van der Waals surface area contributed by atoms with E-state index >= 15 is 0 Å². The number of nitrogens with one attached hydrogen (secondary N) is 3. The number of amides is 1. The highest BCUT2D eigenvalue weighted by molar-refractivity contribution is 7.92. The maximum absolute atomic E-state index is 13.0. The molecule has 0 radical (unpaired) electrons. The van der Waals surface area contributed by atoms with Crippen LogP contribution in [-0.4, -0.2) is 40.1 Å². The van der Waals surface area contributed by atoms with E-state index in [1.165, 1.54) is 32.6 Å². The highest BCUT2D eigenvalue weighted by Crippen LogP contribution is 2.29. The second-order valence-corrected chi connectivity index (χ2v) is 9.34. The third-order valence-electron chi connectivity index (χ3n) is 4.68. The first-order chi connectivity index (χ1) is 15.7. The number of sulfonamides is 1. The first-order valence-electron chi connectivity index (χ1n) is 9.78. The summed E-state index contributed by atoms with van der Waals surface area (Å²) in [7, 11) is -0.992. The van der Waals surface area contributed by atoms with Crippen LogP contribution in [-0.2, 0) is 16.4 Å². The number of carbonyl (C=O) groups is 1. The average Bonchev–Trinajstić information content (AvgIpc) is 3.33. The van der Waals surface area contributed by atoms with Crippen molar-refractivity contribution in [3.8, 4) is 17.1 Å². The second-order valence-electron chi connectivity index (χ2n) is 6.84. The zero-order valence-electron chi connectivity index (χ0n) is 17.8. The molecular weight excluding hydrogens is 486 g/mol. The van der Waals surface area contributed by atoms with Crippen molar-refractivity contribution in [1.29, 1.82) is 0 Å². The van der Waals surface area contributed by atoms with Gasteiger partial charge in [0.15, 0.2) is 5.11 Å². The summed E-state index contributed by atoms with van der Waals surface area (Å²) >= 11 is 11.0. The molecule has 0 bridgehead atoms. The molecule has 0 fully saturated rings. The molecule has 8 nitrogen and oxygen atoms in total. The molecule has 0 aliphatic rings. The van der Waals surface area contributed by atoms with E-state index in [2.05, 4.69) is 15.4 Å². The third-order valence-corrected chi connectivity index (χ3v) is 6.74. The molecule has 0 aliphatic carbocycles. The summed E-state index contributed by atoms with van der Waals surface area (Å²) in [6.07, 6.45) is 1.84. The molecule has 174 valence electrons. The van der Waals surface area contributed by atoms with E-state index in [-0.39, 0.29) is 22.5 Å². The minimum Gasteiger partial charge on any atom is -0.496 e. The number of halogens is 1. The SMILES string of the molecule is CNC(=S)NS(=O)(=O)c1cc(CCNC(=O)c2cc(Cl)ccc2OC)ccc1-c1ccco1. The Morgan fingerprint density at radius 1 is 1.18 bits per heavy atom. The fourth-order valence-corrected chi connectivity index (χ4v) is 4.80.